The van der Waals surface area contributed by atoms with Crippen LogP contribution in [0.5, 0.6) is 0 Å². The largest absolute Gasteiger partial charge is 0.481 e. The van der Waals surface area contributed by atoms with Crippen molar-refractivity contribution in [3.8, 4) is 6.07 Å². The minimum absolute atomic E-state index is 0.121. The maximum absolute atomic E-state index is 10.6. The van der Waals surface area contributed by atoms with Crippen molar-refractivity contribution in [3.05, 3.63) is 28.8 Å². The summed E-state index contributed by atoms with van der Waals surface area (Å²) in [5.74, 6) is -0.930. The summed E-state index contributed by atoms with van der Waals surface area (Å²) in [5.41, 5.74) is 1.91. The fourth-order valence-electron chi connectivity index (χ4n) is 1.38. The zero-order valence-corrected chi connectivity index (χ0v) is 9.21. The highest BCUT2D eigenvalue weighted by Crippen LogP contribution is 2.20. The van der Waals surface area contributed by atoms with Crippen LogP contribution in [0.3, 0.4) is 0 Å². The van der Waals surface area contributed by atoms with Crippen LogP contribution in [-0.4, -0.2) is 11.1 Å². The van der Waals surface area contributed by atoms with Crippen LogP contribution in [0.15, 0.2) is 17.0 Å². The lowest BCUT2D eigenvalue weighted by Gasteiger charge is -2.07. The average Bonchev–Trinajstić information content (AvgIpc) is 2.19. The molecule has 15 heavy (non-hydrogen) atoms. The first-order valence-corrected chi connectivity index (χ1v) is 4.99. The van der Waals surface area contributed by atoms with Crippen LogP contribution in [0.25, 0.3) is 0 Å². The molecule has 0 heterocycles. The first-order valence-electron chi connectivity index (χ1n) is 4.55. The van der Waals surface area contributed by atoms with Crippen LogP contribution in [0, 0.1) is 11.3 Å². The van der Waals surface area contributed by atoms with Gasteiger partial charge in [0.1, 0.15) is 0 Å². The Bertz CT molecular complexity index is 435. The van der Waals surface area contributed by atoms with Gasteiger partial charge in [-0.1, -0.05) is 13.0 Å². The number of carbonyl (C=O) groups is 1. The lowest BCUT2D eigenvalue weighted by molar-refractivity contribution is -0.136. The molecule has 1 aromatic carbocycles. The van der Waals surface area contributed by atoms with E-state index in [9.17, 15) is 4.79 Å². The smallest absolute Gasteiger partial charge is 0.307 e. The van der Waals surface area contributed by atoms with Crippen molar-refractivity contribution in [2.24, 2.45) is 0 Å². The number of carboxylic acid groups (broad SMARTS) is 1. The van der Waals surface area contributed by atoms with Gasteiger partial charge in [0.05, 0.1) is 18.1 Å². The molecule has 0 aliphatic carbocycles. The van der Waals surface area contributed by atoms with E-state index in [4.69, 9.17) is 10.4 Å². The molecule has 0 fully saturated rings. The summed E-state index contributed by atoms with van der Waals surface area (Å²) < 4.78 is 0. The van der Waals surface area contributed by atoms with Crippen LogP contribution in [0.4, 0.5) is 0 Å². The standard InChI is InChI=1S/C11H11NO2S/c1-2-7-3-8(5-11(13)14)9(6-12)4-10(7)15/h3-4,15H,2,5H2,1H3,(H,13,14). The lowest BCUT2D eigenvalue weighted by Crippen LogP contribution is -2.03. The Kier molecular flexibility index (Phi) is 3.75. The van der Waals surface area contributed by atoms with Gasteiger partial charge >= 0.3 is 5.97 Å². The Morgan fingerprint density at radius 2 is 2.20 bits per heavy atom. The Hall–Kier alpha value is -1.47. The Morgan fingerprint density at radius 3 is 2.67 bits per heavy atom. The number of aliphatic carboxylic acids is 1. The first kappa shape index (κ1) is 11.6. The molecule has 0 spiro atoms. The zero-order chi connectivity index (χ0) is 11.4. The molecule has 0 aromatic heterocycles. The molecule has 1 aromatic rings. The second-order valence-corrected chi connectivity index (χ2v) is 3.66. The minimum Gasteiger partial charge on any atom is -0.481 e. The summed E-state index contributed by atoms with van der Waals surface area (Å²) in [6.07, 6.45) is 0.654. The maximum atomic E-state index is 10.6. The van der Waals surface area contributed by atoms with E-state index in [2.05, 4.69) is 12.6 Å². The summed E-state index contributed by atoms with van der Waals surface area (Å²) in [5, 5.41) is 17.5. The Morgan fingerprint density at radius 1 is 1.53 bits per heavy atom. The molecular formula is C11H11NO2S. The van der Waals surface area contributed by atoms with E-state index >= 15 is 0 Å². The number of nitriles is 1. The van der Waals surface area contributed by atoms with Gasteiger partial charge in [0.25, 0.3) is 0 Å². The number of hydrogen-bond acceptors (Lipinski definition) is 3. The predicted octanol–water partition coefficient (Wildman–Crippen LogP) is 2.04. The van der Waals surface area contributed by atoms with Crippen LogP contribution in [0.2, 0.25) is 0 Å². The normalized spacial score (nSPS) is 9.67. The molecule has 78 valence electrons. The fourth-order valence-corrected chi connectivity index (χ4v) is 1.73. The second-order valence-electron chi connectivity index (χ2n) is 3.17. The molecular weight excluding hydrogens is 210 g/mol. The minimum atomic E-state index is -0.930. The van der Waals surface area contributed by atoms with Gasteiger partial charge in [-0.15, -0.1) is 12.6 Å². The quantitative estimate of drug-likeness (QED) is 0.768. The summed E-state index contributed by atoms with van der Waals surface area (Å²) in [4.78, 5) is 11.3. The third-order valence-electron chi connectivity index (χ3n) is 2.15. The topological polar surface area (TPSA) is 61.1 Å². The van der Waals surface area contributed by atoms with Gasteiger partial charge in [-0.25, -0.2) is 0 Å². The van der Waals surface area contributed by atoms with Gasteiger partial charge in [-0.3, -0.25) is 4.79 Å². The van der Waals surface area contributed by atoms with Crippen molar-refractivity contribution in [1.29, 1.82) is 5.26 Å². The highest BCUT2D eigenvalue weighted by Gasteiger charge is 2.09. The zero-order valence-electron chi connectivity index (χ0n) is 8.32. The van der Waals surface area contributed by atoms with E-state index in [1.54, 1.807) is 12.1 Å². The Labute approximate surface area is 93.8 Å². The maximum Gasteiger partial charge on any atom is 0.307 e. The highest BCUT2D eigenvalue weighted by atomic mass is 32.1. The van der Waals surface area contributed by atoms with Crippen molar-refractivity contribution in [2.45, 2.75) is 24.7 Å². The SMILES string of the molecule is CCc1cc(CC(=O)O)c(C#N)cc1S. The predicted molar refractivity (Wildman–Crippen MR) is 59.1 cm³/mol. The Balaban J connectivity index is 3.24. The number of rotatable bonds is 3. The van der Waals surface area contributed by atoms with Gasteiger partial charge in [-0.05, 0) is 23.6 Å². The van der Waals surface area contributed by atoms with E-state index in [-0.39, 0.29) is 6.42 Å². The van der Waals surface area contributed by atoms with Crippen molar-refractivity contribution < 1.29 is 9.90 Å². The highest BCUT2D eigenvalue weighted by molar-refractivity contribution is 7.80. The molecule has 4 heteroatoms. The van der Waals surface area contributed by atoms with Gasteiger partial charge in [0.2, 0.25) is 0 Å². The molecule has 1 rings (SSSR count). The number of aryl methyl sites for hydroxylation is 1. The van der Waals surface area contributed by atoms with E-state index in [1.807, 2.05) is 13.0 Å². The van der Waals surface area contributed by atoms with Gasteiger partial charge < -0.3 is 5.11 Å². The molecule has 3 nitrogen and oxygen atoms in total. The number of benzene rings is 1. The van der Waals surface area contributed by atoms with Crippen LogP contribution < -0.4 is 0 Å². The molecule has 0 saturated carbocycles. The third kappa shape index (κ3) is 2.74. The summed E-state index contributed by atoms with van der Waals surface area (Å²) in [7, 11) is 0. The molecule has 1 N–H and O–H groups in total. The van der Waals surface area contributed by atoms with Gasteiger partial charge in [0.15, 0.2) is 0 Å². The first-order chi connectivity index (χ1) is 7.08. The van der Waals surface area contributed by atoms with E-state index in [0.717, 1.165) is 16.9 Å². The van der Waals surface area contributed by atoms with Crippen molar-refractivity contribution in [1.82, 2.24) is 0 Å². The van der Waals surface area contributed by atoms with E-state index in [1.165, 1.54) is 0 Å². The third-order valence-corrected chi connectivity index (χ3v) is 2.56. The van der Waals surface area contributed by atoms with Crippen LogP contribution >= 0.6 is 12.6 Å². The van der Waals surface area contributed by atoms with Crippen LogP contribution in [-0.2, 0) is 17.6 Å². The van der Waals surface area contributed by atoms with Crippen molar-refractivity contribution >= 4 is 18.6 Å². The molecule has 0 atom stereocenters. The van der Waals surface area contributed by atoms with Crippen LogP contribution in [0.1, 0.15) is 23.6 Å². The molecule has 0 amide bonds. The van der Waals surface area contributed by atoms with Gasteiger partial charge in [-0.2, -0.15) is 5.26 Å². The fraction of sp³-hybridized carbons (Fsp3) is 0.273. The van der Waals surface area contributed by atoms with E-state index < -0.39 is 5.97 Å². The number of nitrogens with zero attached hydrogens (tertiary/aromatic N) is 1. The molecule has 0 saturated heterocycles. The van der Waals surface area contributed by atoms with Gasteiger partial charge in [0, 0.05) is 4.90 Å². The van der Waals surface area contributed by atoms with Crippen molar-refractivity contribution in [2.75, 3.05) is 0 Å². The molecule has 0 aliphatic heterocycles. The molecule has 0 radical (unpaired) electrons. The average molecular weight is 221 g/mol. The lowest BCUT2D eigenvalue weighted by atomic mass is 10.0. The summed E-state index contributed by atoms with van der Waals surface area (Å²) >= 11 is 4.24. The second kappa shape index (κ2) is 4.85. The monoisotopic (exact) mass is 221 g/mol. The summed E-state index contributed by atoms with van der Waals surface area (Å²) in [6, 6.07) is 5.35. The van der Waals surface area contributed by atoms with Crippen molar-refractivity contribution in [3.63, 3.8) is 0 Å². The molecule has 0 aliphatic rings. The number of carboxylic acids is 1. The molecule has 0 bridgehead atoms. The summed E-state index contributed by atoms with van der Waals surface area (Å²) in [6.45, 7) is 1.96. The number of hydrogen-bond donors (Lipinski definition) is 2. The molecule has 0 unspecified atom stereocenters. The van der Waals surface area contributed by atoms with E-state index in [0.29, 0.717) is 11.1 Å². The number of thiol groups is 1.